The SMILES string of the molecule is COc1ccc(F)cc1S(=O)(=O)N1CCN(C(=O)C(C)C)CC1. The van der Waals surface area contributed by atoms with Crippen LogP contribution in [0.5, 0.6) is 5.75 Å². The first-order valence-electron chi connectivity index (χ1n) is 7.40. The molecule has 1 aliphatic heterocycles. The van der Waals surface area contributed by atoms with Crippen LogP contribution in [0.2, 0.25) is 0 Å². The lowest BCUT2D eigenvalue weighted by molar-refractivity contribution is -0.135. The summed E-state index contributed by atoms with van der Waals surface area (Å²) in [7, 11) is -2.53. The summed E-state index contributed by atoms with van der Waals surface area (Å²) in [4.78, 5) is 13.4. The number of carbonyl (C=O) groups is 1. The van der Waals surface area contributed by atoms with Crippen molar-refractivity contribution >= 4 is 15.9 Å². The Balaban J connectivity index is 2.20. The lowest BCUT2D eigenvalue weighted by atomic mass is 10.2. The lowest BCUT2D eigenvalue weighted by Gasteiger charge is -2.35. The molecule has 8 heteroatoms. The number of piperazine rings is 1. The van der Waals surface area contributed by atoms with Crippen molar-refractivity contribution in [3.8, 4) is 5.75 Å². The van der Waals surface area contributed by atoms with Crippen LogP contribution in [0.25, 0.3) is 0 Å². The Bertz CT molecular complexity index is 683. The van der Waals surface area contributed by atoms with E-state index in [0.717, 1.165) is 12.1 Å². The molecule has 0 bridgehead atoms. The quantitative estimate of drug-likeness (QED) is 0.826. The van der Waals surface area contributed by atoms with Gasteiger partial charge in [0.25, 0.3) is 0 Å². The molecule has 6 nitrogen and oxygen atoms in total. The average Bonchev–Trinajstić information content (AvgIpc) is 2.54. The van der Waals surface area contributed by atoms with Crippen molar-refractivity contribution in [1.29, 1.82) is 0 Å². The number of carbonyl (C=O) groups excluding carboxylic acids is 1. The number of sulfonamides is 1. The minimum absolute atomic E-state index is 0.00499. The summed E-state index contributed by atoms with van der Waals surface area (Å²) in [6.45, 7) is 4.63. The van der Waals surface area contributed by atoms with Crippen LogP contribution in [-0.4, -0.2) is 56.8 Å². The van der Waals surface area contributed by atoms with Gasteiger partial charge in [0.05, 0.1) is 7.11 Å². The fraction of sp³-hybridized carbons (Fsp3) is 0.533. The van der Waals surface area contributed by atoms with E-state index >= 15 is 0 Å². The van der Waals surface area contributed by atoms with Gasteiger partial charge < -0.3 is 9.64 Å². The van der Waals surface area contributed by atoms with E-state index in [1.54, 1.807) is 4.90 Å². The van der Waals surface area contributed by atoms with Crippen molar-refractivity contribution in [3.63, 3.8) is 0 Å². The zero-order valence-electron chi connectivity index (χ0n) is 13.5. The van der Waals surface area contributed by atoms with Crippen molar-refractivity contribution in [2.24, 2.45) is 5.92 Å². The van der Waals surface area contributed by atoms with E-state index in [9.17, 15) is 17.6 Å². The highest BCUT2D eigenvalue weighted by molar-refractivity contribution is 7.89. The molecule has 23 heavy (non-hydrogen) atoms. The molecule has 1 heterocycles. The molecule has 0 N–H and O–H groups in total. The highest BCUT2D eigenvalue weighted by Gasteiger charge is 2.32. The number of rotatable bonds is 4. The predicted molar refractivity (Wildman–Crippen MR) is 83.1 cm³/mol. The van der Waals surface area contributed by atoms with Gasteiger partial charge in [-0.3, -0.25) is 4.79 Å². The molecule has 0 aromatic heterocycles. The van der Waals surface area contributed by atoms with Crippen LogP contribution in [0.1, 0.15) is 13.8 Å². The Kier molecular flexibility index (Phi) is 5.26. The number of benzene rings is 1. The predicted octanol–water partition coefficient (Wildman–Crippen LogP) is 1.32. The first-order chi connectivity index (χ1) is 10.8. The van der Waals surface area contributed by atoms with Crippen LogP contribution in [0, 0.1) is 11.7 Å². The van der Waals surface area contributed by atoms with Crippen LogP contribution in [0.4, 0.5) is 4.39 Å². The molecule has 2 rings (SSSR count). The molecule has 1 saturated heterocycles. The third kappa shape index (κ3) is 3.64. The van der Waals surface area contributed by atoms with Gasteiger partial charge in [-0.15, -0.1) is 0 Å². The fourth-order valence-electron chi connectivity index (χ4n) is 2.51. The first kappa shape index (κ1) is 17.7. The van der Waals surface area contributed by atoms with Gasteiger partial charge >= 0.3 is 0 Å². The number of ether oxygens (including phenoxy) is 1. The van der Waals surface area contributed by atoms with E-state index in [0.29, 0.717) is 13.1 Å². The molecule has 128 valence electrons. The second kappa shape index (κ2) is 6.84. The van der Waals surface area contributed by atoms with Gasteiger partial charge in [0.1, 0.15) is 16.5 Å². The van der Waals surface area contributed by atoms with Crippen molar-refractivity contribution in [1.82, 2.24) is 9.21 Å². The number of hydrogen-bond acceptors (Lipinski definition) is 4. The van der Waals surface area contributed by atoms with Crippen LogP contribution in [0.3, 0.4) is 0 Å². The summed E-state index contributed by atoms with van der Waals surface area (Å²) in [5.74, 6) is -0.656. The Morgan fingerprint density at radius 1 is 1.22 bits per heavy atom. The lowest BCUT2D eigenvalue weighted by Crippen LogP contribution is -2.51. The molecule has 0 unspecified atom stereocenters. The third-order valence-corrected chi connectivity index (χ3v) is 5.71. The van der Waals surface area contributed by atoms with Gasteiger partial charge in [0.2, 0.25) is 15.9 Å². The molecule has 0 atom stereocenters. The highest BCUT2D eigenvalue weighted by atomic mass is 32.2. The van der Waals surface area contributed by atoms with Crippen molar-refractivity contribution in [2.45, 2.75) is 18.7 Å². The molecule has 0 radical (unpaired) electrons. The van der Waals surface area contributed by atoms with Crippen molar-refractivity contribution in [2.75, 3.05) is 33.3 Å². The maximum atomic E-state index is 13.4. The number of amides is 1. The van der Waals surface area contributed by atoms with Crippen LogP contribution in [-0.2, 0) is 14.8 Å². The third-order valence-electron chi connectivity index (χ3n) is 3.79. The van der Waals surface area contributed by atoms with Crippen LogP contribution >= 0.6 is 0 Å². The molecule has 1 aliphatic rings. The van der Waals surface area contributed by atoms with E-state index in [1.807, 2.05) is 13.8 Å². The summed E-state index contributed by atoms with van der Waals surface area (Å²) >= 11 is 0. The number of halogens is 1. The summed E-state index contributed by atoms with van der Waals surface area (Å²) in [6, 6.07) is 3.40. The highest BCUT2D eigenvalue weighted by Crippen LogP contribution is 2.28. The molecule has 0 spiro atoms. The second-order valence-corrected chi connectivity index (χ2v) is 7.59. The van der Waals surface area contributed by atoms with Gasteiger partial charge in [-0.2, -0.15) is 4.31 Å². The minimum atomic E-state index is -3.87. The van der Waals surface area contributed by atoms with E-state index in [-0.39, 0.29) is 35.6 Å². The van der Waals surface area contributed by atoms with E-state index in [4.69, 9.17) is 4.74 Å². The monoisotopic (exact) mass is 344 g/mol. The summed E-state index contributed by atoms with van der Waals surface area (Å²) in [5.41, 5.74) is 0. The van der Waals surface area contributed by atoms with E-state index in [1.165, 1.54) is 17.5 Å². The minimum Gasteiger partial charge on any atom is -0.495 e. The molecular weight excluding hydrogens is 323 g/mol. The number of nitrogens with zero attached hydrogens (tertiary/aromatic N) is 2. The summed E-state index contributed by atoms with van der Waals surface area (Å²) < 4.78 is 45.1. The Morgan fingerprint density at radius 3 is 2.35 bits per heavy atom. The van der Waals surface area contributed by atoms with Gasteiger partial charge in [-0.25, -0.2) is 12.8 Å². The molecule has 1 fully saturated rings. The zero-order chi connectivity index (χ0) is 17.2. The fourth-order valence-corrected chi connectivity index (χ4v) is 4.09. The van der Waals surface area contributed by atoms with Gasteiger partial charge in [-0.05, 0) is 18.2 Å². The molecule has 1 aromatic rings. The first-order valence-corrected chi connectivity index (χ1v) is 8.84. The molecule has 0 aliphatic carbocycles. The maximum Gasteiger partial charge on any atom is 0.246 e. The van der Waals surface area contributed by atoms with Crippen LogP contribution in [0.15, 0.2) is 23.1 Å². The molecular formula is C15H21FN2O4S. The van der Waals surface area contributed by atoms with E-state index < -0.39 is 15.8 Å². The molecule has 1 amide bonds. The summed E-state index contributed by atoms with van der Waals surface area (Å²) in [6.07, 6.45) is 0. The zero-order valence-corrected chi connectivity index (χ0v) is 14.3. The van der Waals surface area contributed by atoms with Gasteiger partial charge in [0.15, 0.2) is 0 Å². The summed E-state index contributed by atoms with van der Waals surface area (Å²) in [5, 5.41) is 0. The van der Waals surface area contributed by atoms with E-state index in [2.05, 4.69) is 0 Å². The Labute approximate surface area is 135 Å². The molecule has 1 aromatic carbocycles. The maximum absolute atomic E-state index is 13.4. The standard InChI is InChI=1S/C15H21FN2O4S/c1-11(2)15(19)17-6-8-18(9-7-17)23(20,21)14-10-12(16)4-5-13(14)22-3/h4-5,10-11H,6-9H2,1-3H3. The van der Waals surface area contributed by atoms with Gasteiger partial charge in [-0.1, -0.05) is 13.8 Å². The van der Waals surface area contributed by atoms with Crippen molar-refractivity contribution < 1.29 is 22.3 Å². The normalized spacial score (nSPS) is 16.7. The molecule has 0 saturated carbocycles. The van der Waals surface area contributed by atoms with Gasteiger partial charge in [0, 0.05) is 32.1 Å². The second-order valence-electron chi connectivity index (χ2n) is 5.68. The largest absolute Gasteiger partial charge is 0.495 e. The Morgan fingerprint density at radius 2 is 1.83 bits per heavy atom. The number of hydrogen-bond donors (Lipinski definition) is 0. The Hall–Kier alpha value is -1.67. The average molecular weight is 344 g/mol. The smallest absolute Gasteiger partial charge is 0.246 e. The van der Waals surface area contributed by atoms with Crippen molar-refractivity contribution in [3.05, 3.63) is 24.0 Å². The van der Waals surface area contributed by atoms with Crippen LogP contribution < -0.4 is 4.74 Å². The topological polar surface area (TPSA) is 66.9 Å². The number of methoxy groups -OCH3 is 1.